The van der Waals surface area contributed by atoms with Gasteiger partial charge in [-0.3, -0.25) is 9.59 Å². The average Bonchev–Trinajstić information content (AvgIpc) is 3.16. The van der Waals surface area contributed by atoms with E-state index in [9.17, 15) is 14.7 Å². The first-order valence-corrected chi connectivity index (χ1v) is 16.4. The van der Waals surface area contributed by atoms with Gasteiger partial charge in [-0.1, -0.05) is 72.6 Å². The minimum atomic E-state index is -0.382. The Morgan fingerprint density at radius 2 is 1.43 bits per heavy atom. The van der Waals surface area contributed by atoms with Crippen molar-refractivity contribution in [2.75, 3.05) is 4.90 Å². The Labute approximate surface area is 254 Å². The molecule has 0 spiro atoms. The van der Waals surface area contributed by atoms with E-state index < -0.39 is 0 Å². The summed E-state index contributed by atoms with van der Waals surface area (Å²) in [6.45, 7) is 17.7. The van der Waals surface area contributed by atoms with Crippen molar-refractivity contribution in [3.63, 3.8) is 0 Å². The monoisotopic (exact) mass is 575 g/mol. The lowest BCUT2D eigenvalue weighted by Crippen LogP contribution is -2.38. The Morgan fingerprint density at radius 3 is 2.07 bits per heavy atom. The van der Waals surface area contributed by atoms with Crippen LogP contribution < -0.4 is 9.64 Å². The molecule has 0 fully saturated rings. The van der Waals surface area contributed by atoms with Gasteiger partial charge in [0.05, 0.1) is 16.8 Å². The Balaban J connectivity index is 1.36. The van der Waals surface area contributed by atoms with Crippen molar-refractivity contribution in [1.29, 1.82) is 0 Å². The zero-order valence-electron chi connectivity index (χ0n) is 27.4. The lowest BCUT2D eigenvalue weighted by atomic mass is 9.83. The molecule has 2 amide bonds. The minimum absolute atomic E-state index is 0.0176. The van der Waals surface area contributed by atoms with Crippen LogP contribution in [0.2, 0.25) is 0 Å². The number of nitrogens with zero attached hydrogens (tertiary/aromatic N) is 1. The number of anilines is 1. The summed E-state index contributed by atoms with van der Waals surface area (Å²) in [7, 11) is 0. The fourth-order valence-electron chi connectivity index (χ4n) is 7.04. The van der Waals surface area contributed by atoms with Crippen molar-refractivity contribution >= 4 is 17.5 Å². The maximum atomic E-state index is 13.3. The molecule has 3 unspecified atom stereocenters. The zero-order chi connectivity index (χ0) is 30.8. The van der Waals surface area contributed by atoms with E-state index in [1.807, 2.05) is 20.8 Å². The van der Waals surface area contributed by atoms with Crippen LogP contribution in [-0.2, 0) is 6.42 Å². The van der Waals surface area contributed by atoms with Gasteiger partial charge in [-0.25, -0.2) is 4.90 Å². The average molecular weight is 576 g/mol. The molecule has 5 heteroatoms. The van der Waals surface area contributed by atoms with Crippen molar-refractivity contribution in [3.8, 4) is 11.5 Å². The largest absolute Gasteiger partial charge is 0.508 e. The molecule has 0 saturated heterocycles. The van der Waals surface area contributed by atoms with Crippen LogP contribution in [0.1, 0.15) is 142 Å². The van der Waals surface area contributed by atoms with E-state index in [1.165, 1.54) is 68.0 Å². The Kier molecular flexibility index (Phi) is 10.1. The second-order valence-corrected chi connectivity index (χ2v) is 14.1. The van der Waals surface area contributed by atoms with Gasteiger partial charge in [0.2, 0.25) is 0 Å². The summed E-state index contributed by atoms with van der Waals surface area (Å²) in [4.78, 5) is 28.0. The van der Waals surface area contributed by atoms with Crippen LogP contribution in [0, 0.1) is 38.5 Å². The van der Waals surface area contributed by atoms with Crippen LogP contribution in [0.5, 0.6) is 11.5 Å². The topological polar surface area (TPSA) is 66.8 Å². The number of hydrogen-bond acceptors (Lipinski definition) is 4. The second-order valence-electron chi connectivity index (χ2n) is 14.1. The summed E-state index contributed by atoms with van der Waals surface area (Å²) in [5.74, 6) is 2.59. The number of carbonyl (C=O) groups is 2. The number of imide groups is 1. The van der Waals surface area contributed by atoms with Gasteiger partial charge in [-0.15, -0.1) is 0 Å². The van der Waals surface area contributed by atoms with E-state index in [4.69, 9.17) is 4.74 Å². The number of aromatic hydroxyl groups is 1. The quantitative estimate of drug-likeness (QED) is 0.241. The number of phenolic OH excluding ortho intramolecular Hbond substituents is 1. The Morgan fingerprint density at radius 1 is 0.833 bits per heavy atom. The molecular formula is C37H53NO4. The predicted octanol–water partition coefficient (Wildman–Crippen LogP) is 9.64. The second kappa shape index (κ2) is 13.2. The fourth-order valence-corrected chi connectivity index (χ4v) is 7.04. The van der Waals surface area contributed by atoms with Crippen molar-refractivity contribution in [2.45, 2.75) is 132 Å². The molecule has 2 aromatic carbocycles. The first-order chi connectivity index (χ1) is 19.8. The van der Waals surface area contributed by atoms with E-state index in [2.05, 4.69) is 34.6 Å². The molecule has 2 aliphatic heterocycles. The number of carbonyl (C=O) groups excluding carboxylic acids is 2. The van der Waals surface area contributed by atoms with Crippen molar-refractivity contribution < 1.29 is 19.4 Å². The minimum Gasteiger partial charge on any atom is -0.508 e. The molecule has 1 N–H and O–H groups in total. The van der Waals surface area contributed by atoms with Gasteiger partial charge in [-0.05, 0) is 112 Å². The number of phenols is 1. The third-order valence-corrected chi connectivity index (χ3v) is 9.96. The molecule has 3 atom stereocenters. The molecule has 0 aromatic heterocycles. The number of rotatable bonds is 13. The van der Waals surface area contributed by atoms with Crippen LogP contribution >= 0.6 is 0 Å². The van der Waals surface area contributed by atoms with Gasteiger partial charge in [0.1, 0.15) is 17.1 Å². The van der Waals surface area contributed by atoms with Gasteiger partial charge in [0.15, 0.2) is 0 Å². The summed E-state index contributed by atoms with van der Waals surface area (Å²) in [6, 6.07) is 4.37. The van der Waals surface area contributed by atoms with Gasteiger partial charge in [0, 0.05) is 0 Å². The van der Waals surface area contributed by atoms with Gasteiger partial charge >= 0.3 is 0 Å². The number of ether oxygens (including phenoxy) is 1. The number of amides is 2. The number of hydrogen-bond donors (Lipinski definition) is 1. The molecule has 0 saturated carbocycles. The summed E-state index contributed by atoms with van der Waals surface area (Å²) in [5.41, 5.74) is 4.95. The van der Waals surface area contributed by atoms with Crippen molar-refractivity contribution in [3.05, 3.63) is 51.6 Å². The first kappa shape index (κ1) is 32.1. The molecule has 0 radical (unpaired) electrons. The van der Waals surface area contributed by atoms with Gasteiger partial charge in [0.25, 0.3) is 11.8 Å². The SMILES string of the molecule is Cc1c(C)c(N2C(=O)c3ccc(O)cc3C2=O)c(C)c2c1OC(C)(CCCC(C)CCCC(C)CCCC(C)C)CC2. The highest BCUT2D eigenvalue weighted by Crippen LogP contribution is 2.46. The zero-order valence-corrected chi connectivity index (χ0v) is 27.4. The Bertz CT molecular complexity index is 1310. The maximum Gasteiger partial charge on any atom is 0.266 e. The van der Waals surface area contributed by atoms with Crippen LogP contribution in [0.25, 0.3) is 0 Å². The van der Waals surface area contributed by atoms with Crippen molar-refractivity contribution in [1.82, 2.24) is 0 Å². The molecule has 42 heavy (non-hydrogen) atoms. The van der Waals surface area contributed by atoms with E-state index in [-0.39, 0.29) is 28.7 Å². The molecule has 2 aliphatic rings. The highest BCUT2D eigenvalue weighted by Gasteiger charge is 2.41. The third-order valence-electron chi connectivity index (χ3n) is 9.96. The molecule has 5 nitrogen and oxygen atoms in total. The lowest BCUT2D eigenvalue weighted by molar-refractivity contribution is 0.0513. The van der Waals surface area contributed by atoms with E-state index in [0.29, 0.717) is 11.3 Å². The van der Waals surface area contributed by atoms with Gasteiger partial charge in [-0.2, -0.15) is 0 Å². The van der Waals surface area contributed by atoms with Crippen molar-refractivity contribution in [2.24, 2.45) is 17.8 Å². The number of benzene rings is 2. The van der Waals surface area contributed by atoms with Crippen LogP contribution in [0.15, 0.2) is 18.2 Å². The molecule has 2 aromatic rings. The summed E-state index contributed by atoms with van der Waals surface area (Å²) in [5, 5.41) is 9.91. The summed E-state index contributed by atoms with van der Waals surface area (Å²) >= 11 is 0. The molecule has 4 rings (SSSR count). The molecule has 230 valence electrons. The predicted molar refractivity (Wildman–Crippen MR) is 172 cm³/mol. The number of fused-ring (bicyclic) bond motifs is 2. The highest BCUT2D eigenvalue weighted by molar-refractivity contribution is 6.35. The van der Waals surface area contributed by atoms with Crippen LogP contribution in [-0.4, -0.2) is 22.5 Å². The van der Waals surface area contributed by atoms with Crippen LogP contribution in [0.4, 0.5) is 5.69 Å². The standard InChI is InChI=1S/C37H53NO4/c1-23(2)12-9-13-24(3)14-10-15-25(4)16-11-20-37(8)21-19-30-28(7)33(26(5)27(6)34(30)42-37)38-35(40)31-18-17-29(39)22-32(31)36(38)41/h17-18,22-25,39H,9-16,19-21H2,1-8H3. The molecule has 0 aliphatic carbocycles. The molecule has 2 heterocycles. The van der Waals surface area contributed by atoms with E-state index in [0.717, 1.165) is 71.4 Å². The van der Waals surface area contributed by atoms with E-state index >= 15 is 0 Å². The molecular weight excluding hydrogens is 522 g/mol. The van der Waals surface area contributed by atoms with E-state index in [1.54, 1.807) is 0 Å². The summed E-state index contributed by atoms with van der Waals surface area (Å²) in [6.07, 6.45) is 13.3. The lowest BCUT2D eigenvalue weighted by Gasteiger charge is -2.39. The van der Waals surface area contributed by atoms with Crippen LogP contribution in [0.3, 0.4) is 0 Å². The highest BCUT2D eigenvalue weighted by atomic mass is 16.5. The first-order valence-electron chi connectivity index (χ1n) is 16.4. The normalized spacial score (nSPS) is 19.6. The Hall–Kier alpha value is -2.82. The molecule has 0 bridgehead atoms. The maximum absolute atomic E-state index is 13.3. The smallest absolute Gasteiger partial charge is 0.266 e. The third kappa shape index (κ3) is 6.87. The summed E-state index contributed by atoms with van der Waals surface area (Å²) < 4.78 is 6.79. The fraction of sp³-hybridized carbons (Fsp3) is 0.622. The van der Waals surface area contributed by atoms with Gasteiger partial charge < -0.3 is 9.84 Å².